The van der Waals surface area contributed by atoms with Crippen molar-refractivity contribution in [1.29, 1.82) is 0 Å². The summed E-state index contributed by atoms with van der Waals surface area (Å²) in [6.45, 7) is 5.49. The minimum absolute atomic E-state index is 0.953. The molecule has 2 saturated carbocycles. The van der Waals surface area contributed by atoms with Gasteiger partial charge in [0.2, 0.25) is 0 Å². The standard InChI is InChI=1S/C14H26N4/c1-3-15-9-7-11-14-12(18-6-2-5-17-11)8-10(13(9)14)16-4-1/h9-18H,1-8H2/p+4/t9-,10+,11+,12-,13?,14?. The zero-order chi connectivity index (χ0) is 11.9. The number of rotatable bonds is 0. The average molecular weight is 254 g/mol. The van der Waals surface area contributed by atoms with Crippen molar-refractivity contribution >= 4 is 0 Å². The Bertz CT molecular complexity index is 254. The summed E-state index contributed by atoms with van der Waals surface area (Å²) in [7, 11) is 0. The molecule has 102 valence electrons. The van der Waals surface area contributed by atoms with Crippen molar-refractivity contribution < 1.29 is 21.3 Å². The summed E-state index contributed by atoms with van der Waals surface area (Å²) in [6, 6.07) is 3.81. The Morgan fingerprint density at radius 3 is 1.17 bits per heavy atom. The van der Waals surface area contributed by atoms with Gasteiger partial charge in [0, 0.05) is 12.8 Å². The Hall–Kier alpha value is -0.160. The van der Waals surface area contributed by atoms with Crippen LogP contribution in [-0.4, -0.2) is 50.3 Å². The van der Waals surface area contributed by atoms with Gasteiger partial charge in [-0.2, -0.15) is 0 Å². The molecule has 4 heteroatoms. The van der Waals surface area contributed by atoms with Crippen molar-refractivity contribution in [2.45, 2.75) is 49.9 Å². The molecule has 0 aromatic rings. The second-order valence-corrected chi connectivity index (χ2v) is 7.09. The van der Waals surface area contributed by atoms with Gasteiger partial charge in [-0.05, 0) is 0 Å². The number of hydrogen-bond acceptors (Lipinski definition) is 0. The third-order valence-electron chi connectivity index (χ3n) is 6.20. The van der Waals surface area contributed by atoms with Gasteiger partial charge in [0.05, 0.1) is 50.9 Å². The molecule has 0 amide bonds. The molecule has 2 saturated heterocycles. The maximum absolute atomic E-state index is 2.71. The predicted octanol–water partition coefficient (Wildman–Crippen LogP) is -4.44. The van der Waals surface area contributed by atoms with Crippen LogP contribution in [0.15, 0.2) is 0 Å². The molecule has 0 bridgehead atoms. The molecule has 2 heterocycles. The van der Waals surface area contributed by atoms with Crippen LogP contribution in [0.3, 0.4) is 0 Å². The molecule has 4 aliphatic rings. The van der Waals surface area contributed by atoms with E-state index in [0.29, 0.717) is 0 Å². The molecular weight excluding hydrogens is 224 g/mol. The SMILES string of the molecule is C1C[NH2+][C@H]2C[C@H]3[NH2+]CCC[NH2+][C@H]4C[C@@H]([NH2+]C1)C2C43. The van der Waals surface area contributed by atoms with Crippen molar-refractivity contribution in [3.05, 3.63) is 0 Å². The lowest BCUT2D eigenvalue weighted by Crippen LogP contribution is -3.01. The molecule has 4 nitrogen and oxygen atoms in total. The quantitative estimate of drug-likeness (QED) is 0.337. The van der Waals surface area contributed by atoms with Crippen molar-refractivity contribution in [3.8, 4) is 0 Å². The predicted molar refractivity (Wildman–Crippen MR) is 67.8 cm³/mol. The van der Waals surface area contributed by atoms with Crippen molar-refractivity contribution in [2.24, 2.45) is 11.8 Å². The minimum Gasteiger partial charge on any atom is -0.343 e. The normalized spacial score (nSPS) is 52.0. The van der Waals surface area contributed by atoms with Gasteiger partial charge < -0.3 is 21.3 Å². The molecule has 0 spiro atoms. The van der Waals surface area contributed by atoms with Crippen LogP contribution in [0.25, 0.3) is 0 Å². The van der Waals surface area contributed by atoms with Crippen LogP contribution in [-0.2, 0) is 0 Å². The van der Waals surface area contributed by atoms with Gasteiger partial charge in [-0.3, -0.25) is 0 Å². The monoisotopic (exact) mass is 254 g/mol. The van der Waals surface area contributed by atoms with E-state index in [1.54, 1.807) is 0 Å². The van der Waals surface area contributed by atoms with E-state index >= 15 is 0 Å². The highest BCUT2D eigenvalue weighted by molar-refractivity contribution is 5.03. The van der Waals surface area contributed by atoms with E-state index < -0.39 is 0 Å². The average Bonchev–Trinajstić information content (AvgIpc) is 2.80. The smallest absolute Gasteiger partial charge is 0.101 e. The molecule has 2 aliphatic heterocycles. The van der Waals surface area contributed by atoms with E-state index in [4.69, 9.17) is 0 Å². The summed E-state index contributed by atoms with van der Waals surface area (Å²) >= 11 is 0. The van der Waals surface area contributed by atoms with Crippen LogP contribution in [0.2, 0.25) is 0 Å². The second-order valence-electron chi connectivity index (χ2n) is 7.09. The van der Waals surface area contributed by atoms with Crippen molar-refractivity contribution in [3.63, 3.8) is 0 Å². The first-order chi connectivity index (χ1) is 8.93. The lowest BCUT2D eigenvalue weighted by Gasteiger charge is -2.24. The summed E-state index contributed by atoms with van der Waals surface area (Å²) < 4.78 is 0. The van der Waals surface area contributed by atoms with Gasteiger partial charge in [0.1, 0.15) is 24.2 Å². The maximum Gasteiger partial charge on any atom is 0.101 e. The van der Waals surface area contributed by atoms with Crippen LogP contribution < -0.4 is 21.3 Å². The van der Waals surface area contributed by atoms with Gasteiger partial charge in [-0.25, -0.2) is 0 Å². The highest BCUT2D eigenvalue weighted by atomic mass is 15.1. The van der Waals surface area contributed by atoms with E-state index in [2.05, 4.69) is 21.3 Å². The fourth-order valence-corrected chi connectivity index (χ4v) is 5.61. The summed E-state index contributed by atoms with van der Waals surface area (Å²) in [6.07, 6.45) is 5.80. The van der Waals surface area contributed by atoms with Crippen LogP contribution in [0, 0.1) is 11.8 Å². The van der Waals surface area contributed by atoms with Crippen molar-refractivity contribution in [2.75, 3.05) is 26.2 Å². The number of nitrogens with two attached hydrogens (primary N) is 4. The first kappa shape index (κ1) is 11.6. The van der Waals surface area contributed by atoms with Gasteiger partial charge >= 0.3 is 0 Å². The molecular formula is C14H30N4+4. The van der Waals surface area contributed by atoms with E-state index in [1.165, 1.54) is 51.9 Å². The fourth-order valence-electron chi connectivity index (χ4n) is 5.61. The first-order valence-corrected chi connectivity index (χ1v) is 8.27. The summed E-state index contributed by atoms with van der Waals surface area (Å²) in [5, 5.41) is 10.9. The Morgan fingerprint density at radius 2 is 0.833 bits per heavy atom. The molecule has 6 atom stereocenters. The van der Waals surface area contributed by atoms with Gasteiger partial charge in [-0.15, -0.1) is 0 Å². The Morgan fingerprint density at radius 1 is 0.500 bits per heavy atom. The molecule has 2 unspecified atom stereocenters. The highest BCUT2D eigenvalue weighted by Crippen LogP contribution is 2.40. The molecule has 0 aromatic heterocycles. The molecule has 8 N–H and O–H groups in total. The molecule has 2 aliphatic carbocycles. The third kappa shape index (κ3) is 1.82. The summed E-state index contributed by atoms with van der Waals surface area (Å²) in [5.41, 5.74) is 0. The zero-order valence-corrected chi connectivity index (χ0v) is 11.4. The topological polar surface area (TPSA) is 66.4 Å². The lowest BCUT2D eigenvalue weighted by molar-refractivity contribution is -0.760. The van der Waals surface area contributed by atoms with Crippen LogP contribution >= 0.6 is 0 Å². The largest absolute Gasteiger partial charge is 0.343 e. The Balaban J connectivity index is 1.62. The summed E-state index contributed by atoms with van der Waals surface area (Å²) in [4.78, 5) is 0. The first-order valence-electron chi connectivity index (χ1n) is 8.27. The molecule has 4 fully saturated rings. The molecule has 0 radical (unpaired) electrons. The summed E-state index contributed by atoms with van der Waals surface area (Å²) in [5.74, 6) is 2.04. The van der Waals surface area contributed by atoms with Crippen molar-refractivity contribution in [1.82, 2.24) is 0 Å². The van der Waals surface area contributed by atoms with E-state index in [-0.39, 0.29) is 0 Å². The number of quaternary nitrogens is 4. The van der Waals surface area contributed by atoms with Crippen LogP contribution in [0.4, 0.5) is 0 Å². The Labute approximate surface area is 110 Å². The Kier molecular flexibility index (Phi) is 3.07. The zero-order valence-electron chi connectivity index (χ0n) is 11.4. The number of hydrogen-bond donors (Lipinski definition) is 4. The molecule has 18 heavy (non-hydrogen) atoms. The fraction of sp³-hybridized carbons (Fsp3) is 1.00. The van der Waals surface area contributed by atoms with Crippen LogP contribution in [0.1, 0.15) is 25.7 Å². The van der Waals surface area contributed by atoms with E-state index in [9.17, 15) is 0 Å². The van der Waals surface area contributed by atoms with Gasteiger partial charge in [0.15, 0.2) is 0 Å². The van der Waals surface area contributed by atoms with Crippen LogP contribution in [0.5, 0.6) is 0 Å². The highest BCUT2D eigenvalue weighted by Gasteiger charge is 2.62. The van der Waals surface area contributed by atoms with Gasteiger partial charge in [-0.1, -0.05) is 0 Å². The second kappa shape index (κ2) is 4.75. The third-order valence-corrected chi connectivity index (χ3v) is 6.20. The lowest BCUT2D eigenvalue weighted by atomic mass is 9.90. The minimum atomic E-state index is 0.953. The van der Waals surface area contributed by atoms with E-state index in [1.807, 2.05) is 0 Å². The molecule has 4 rings (SSSR count). The molecule has 0 aromatic carbocycles. The van der Waals surface area contributed by atoms with E-state index in [0.717, 1.165) is 36.0 Å². The maximum atomic E-state index is 2.71. The van der Waals surface area contributed by atoms with Gasteiger partial charge in [0.25, 0.3) is 0 Å².